The van der Waals surface area contributed by atoms with E-state index in [1.165, 1.54) is 50.5 Å². The van der Waals surface area contributed by atoms with Crippen LogP contribution in [0.15, 0.2) is 48.5 Å². The van der Waals surface area contributed by atoms with Crippen molar-refractivity contribution in [3.8, 4) is 10.9 Å². The maximum atomic E-state index is 5.95. The van der Waals surface area contributed by atoms with Crippen LogP contribution >= 0.6 is 11.3 Å². The predicted octanol–water partition coefficient (Wildman–Crippen LogP) is 7.24. The van der Waals surface area contributed by atoms with Crippen LogP contribution in [0.2, 0.25) is 0 Å². The van der Waals surface area contributed by atoms with Crippen molar-refractivity contribution in [2.75, 3.05) is 0 Å². The summed E-state index contributed by atoms with van der Waals surface area (Å²) in [6.45, 7) is 2.45. The molecule has 2 nitrogen and oxygen atoms in total. The Morgan fingerprint density at radius 3 is 2.58 bits per heavy atom. The largest absolute Gasteiger partial charge is 0.431 e. The van der Waals surface area contributed by atoms with Crippen LogP contribution in [0.5, 0.6) is 10.9 Å². The highest BCUT2D eigenvalue weighted by atomic mass is 32.1. The summed E-state index contributed by atoms with van der Waals surface area (Å²) < 4.78 is 7.11. The standard InChI is InChI=1S/C23H27NOS/c1-17(19-7-3-2-4-8-19)11-12-18-13-15-20(16-14-18)25-23-24-21-9-5-6-10-22(21)26-23/h5-6,9-10,13-17,19H,2-4,7-8,11-12H2,1H3. The number of hydrogen-bond acceptors (Lipinski definition) is 3. The normalized spacial score (nSPS) is 16.7. The van der Waals surface area contributed by atoms with Crippen LogP contribution < -0.4 is 4.74 Å². The lowest BCUT2D eigenvalue weighted by Gasteiger charge is -2.27. The molecule has 0 aliphatic heterocycles. The van der Waals surface area contributed by atoms with Crippen molar-refractivity contribution in [3.05, 3.63) is 54.1 Å². The Labute approximate surface area is 160 Å². The van der Waals surface area contributed by atoms with Gasteiger partial charge in [0.1, 0.15) is 5.75 Å². The van der Waals surface area contributed by atoms with Gasteiger partial charge >= 0.3 is 0 Å². The van der Waals surface area contributed by atoms with Gasteiger partial charge in [0.15, 0.2) is 0 Å². The van der Waals surface area contributed by atoms with Crippen LogP contribution in [0, 0.1) is 11.8 Å². The summed E-state index contributed by atoms with van der Waals surface area (Å²) in [6, 6.07) is 16.7. The number of hydrogen-bond donors (Lipinski definition) is 0. The molecule has 1 aromatic heterocycles. The Hall–Kier alpha value is -1.87. The summed E-state index contributed by atoms with van der Waals surface area (Å²) in [5.41, 5.74) is 2.41. The van der Waals surface area contributed by atoms with Gasteiger partial charge in [0.2, 0.25) is 0 Å². The van der Waals surface area contributed by atoms with E-state index in [0.29, 0.717) is 5.19 Å². The second-order valence-electron chi connectivity index (χ2n) is 7.61. The minimum Gasteiger partial charge on any atom is -0.431 e. The van der Waals surface area contributed by atoms with Crippen molar-refractivity contribution < 1.29 is 4.74 Å². The quantitative estimate of drug-likeness (QED) is 0.459. The fraction of sp³-hybridized carbons (Fsp3) is 0.435. The van der Waals surface area contributed by atoms with E-state index < -0.39 is 0 Å². The summed E-state index contributed by atoms with van der Waals surface area (Å²) in [5, 5.41) is 0.713. The average Bonchev–Trinajstić information content (AvgIpc) is 3.10. The van der Waals surface area contributed by atoms with Gasteiger partial charge in [-0.05, 0) is 54.5 Å². The molecule has 0 amide bonds. The molecule has 4 rings (SSSR count). The van der Waals surface area contributed by atoms with E-state index in [1.807, 2.05) is 18.2 Å². The molecule has 136 valence electrons. The lowest BCUT2D eigenvalue weighted by molar-refractivity contribution is 0.252. The molecule has 0 spiro atoms. The van der Waals surface area contributed by atoms with Crippen LogP contribution in [0.1, 0.15) is 51.0 Å². The number of ether oxygens (including phenoxy) is 1. The number of rotatable bonds is 6. The molecule has 1 aliphatic rings. The first kappa shape index (κ1) is 17.5. The molecule has 1 heterocycles. The molecule has 1 atom stereocenters. The van der Waals surface area contributed by atoms with Crippen molar-refractivity contribution in [1.29, 1.82) is 0 Å². The van der Waals surface area contributed by atoms with E-state index in [4.69, 9.17) is 4.74 Å². The average molecular weight is 366 g/mol. The number of thiazole rings is 1. The van der Waals surface area contributed by atoms with Crippen LogP contribution in [0.4, 0.5) is 0 Å². The van der Waals surface area contributed by atoms with Gasteiger partial charge in [-0.2, -0.15) is 0 Å². The van der Waals surface area contributed by atoms with Crippen molar-refractivity contribution in [2.24, 2.45) is 11.8 Å². The van der Waals surface area contributed by atoms with Gasteiger partial charge in [0.05, 0.1) is 10.2 Å². The van der Waals surface area contributed by atoms with E-state index in [-0.39, 0.29) is 0 Å². The third-order valence-electron chi connectivity index (χ3n) is 5.75. The highest BCUT2D eigenvalue weighted by Crippen LogP contribution is 2.33. The summed E-state index contributed by atoms with van der Waals surface area (Å²) in [7, 11) is 0. The first-order valence-electron chi connectivity index (χ1n) is 9.90. The first-order chi connectivity index (χ1) is 12.8. The molecule has 1 aliphatic carbocycles. The minimum atomic E-state index is 0.713. The SMILES string of the molecule is CC(CCc1ccc(Oc2nc3ccccc3s2)cc1)C1CCCCC1. The summed E-state index contributed by atoms with van der Waals surface area (Å²) in [4.78, 5) is 4.54. The van der Waals surface area contributed by atoms with Gasteiger partial charge in [-0.3, -0.25) is 0 Å². The molecule has 2 aromatic carbocycles. The Morgan fingerprint density at radius 1 is 1.04 bits per heavy atom. The zero-order chi connectivity index (χ0) is 17.8. The topological polar surface area (TPSA) is 22.1 Å². The molecule has 0 radical (unpaired) electrons. The lowest BCUT2D eigenvalue weighted by Crippen LogP contribution is -2.15. The van der Waals surface area contributed by atoms with Gasteiger partial charge in [-0.15, -0.1) is 0 Å². The smallest absolute Gasteiger partial charge is 0.279 e. The maximum Gasteiger partial charge on any atom is 0.279 e. The molecular weight excluding hydrogens is 338 g/mol. The Bertz CT molecular complexity index is 800. The first-order valence-corrected chi connectivity index (χ1v) is 10.7. The second-order valence-corrected chi connectivity index (χ2v) is 8.60. The molecule has 0 saturated heterocycles. The van der Waals surface area contributed by atoms with Crippen molar-refractivity contribution in [2.45, 2.75) is 51.9 Å². The monoisotopic (exact) mass is 365 g/mol. The van der Waals surface area contributed by atoms with Crippen LogP contribution in [0.25, 0.3) is 10.2 Å². The Balaban J connectivity index is 1.32. The molecule has 0 N–H and O–H groups in total. The van der Waals surface area contributed by atoms with Crippen LogP contribution in [0.3, 0.4) is 0 Å². The predicted molar refractivity (Wildman–Crippen MR) is 110 cm³/mol. The van der Waals surface area contributed by atoms with Crippen LogP contribution in [-0.2, 0) is 6.42 Å². The fourth-order valence-corrected chi connectivity index (χ4v) is 4.89. The molecule has 26 heavy (non-hydrogen) atoms. The zero-order valence-electron chi connectivity index (χ0n) is 15.5. The summed E-state index contributed by atoms with van der Waals surface area (Å²) in [5.74, 6) is 2.66. The van der Waals surface area contributed by atoms with E-state index in [1.54, 1.807) is 11.3 Å². The van der Waals surface area contributed by atoms with Crippen molar-refractivity contribution in [3.63, 3.8) is 0 Å². The van der Waals surface area contributed by atoms with E-state index in [9.17, 15) is 0 Å². The van der Waals surface area contributed by atoms with Gasteiger partial charge in [-0.25, -0.2) is 4.98 Å². The number of benzene rings is 2. The fourth-order valence-electron chi connectivity index (χ4n) is 4.05. The summed E-state index contributed by atoms with van der Waals surface area (Å²) in [6.07, 6.45) is 9.66. The van der Waals surface area contributed by atoms with Crippen molar-refractivity contribution >= 4 is 21.6 Å². The number of para-hydroxylation sites is 1. The molecule has 0 bridgehead atoms. The number of fused-ring (bicyclic) bond motifs is 1. The minimum absolute atomic E-state index is 0.713. The Morgan fingerprint density at radius 2 is 1.81 bits per heavy atom. The number of aromatic nitrogens is 1. The third-order valence-corrected chi connectivity index (χ3v) is 6.66. The molecule has 1 unspecified atom stereocenters. The molecular formula is C23H27NOS. The maximum absolute atomic E-state index is 5.95. The molecule has 3 heteroatoms. The second kappa shape index (κ2) is 8.22. The molecule has 3 aromatic rings. The van der Waals surface area contributed by atoms with Gasteiger partial charge in [-0.1, -0.05) is 74.6 Å². The zero-order valence-corrected chi connectivity index (χ0v) is 16.3. The number of nitrogens with zero attached hydrogens (tertiary/aromatic N) is 1. The lowest BCUT2D eigenvalue weighted by atomic mass is 9.78. The third kappa shape index (κ3) is 4.27. The van der Waals surface area contributed by atoms with Crippen LogP contribution in [-0.4, -0.2) is 4.98 Å². The Kier molecular flexibility index (Phi) is 5.54. The van der Waals surface area contributed by atoms with E-state index in [2.05, 4.69) is 42.2 Å². The van der Waals surface area contributed by atoms with E-state index in [0.717, 1.165) is 27.8 Å². The highest BCUT2D eigenvalue weighted by Gasteiger charge is 2.19. The van der Waals surface area contributed by atoms with E-state index >= 15 is 0 Å². The van der Waals surface area contributed by atoms with Crippen molar-refractivity contribution in [1.82, 2.24) is 4.98 Å². The van der Waals surface area contributed by atoms with Gasteiger partial charge < -0.3 is 4.74 Å². The molecule has 1 fully saturated rings. The van der Waals surface area contributed by atoms with Gasteiger partial charge in [0.25, 0.3) is 5.19 Å². The molecule has 1 saturated carbocycles. The summed E-state index contributed by atoms with van der Waals surface area (Å²) >= 11 is 1.59. The van der Waals surface area contributed by atoms with Gasteiger partial charge in [0, 0.05) is 0 Å². The highest BCUT2D eigenvalue weighted by molar-refractivity contribution is 7.20. The number of aryl methyl sites for hydroxylation is 1.